The van der Waals surface area contributed by atoms with Crippen molar-refractivity contribution >= 4 is 10.8 Å². The van der Waals surface area contributed by atoms with Gasteiger partial charge in [-0.25, -0.2) is 0 Å². The monoisotopic (exact) mass is 384 g/mol. The molecule has 0 aliphatic carbocycles. The topological polar surface area (TPSA) is 0 Å². The van der Waals surface area contributed by atoms with Crippen LogP contribution >= 0.6 is 0 Å². The van der Waals surface area contributed by atoms with Gasteiger partial charge in [-0.2, -0.15) is 0 Å². The van der Waals surface area contributed by atoms with Gasteiger partial charge in [-0.3, -0.25) is 0 Å². The second-order valence-electron chi connectivity index (χ2n) is 8.43. The molecule has 0 heterocycles. The van der Waals surface area contributed by atoms with Gasteiger partial charge in [0.1, 0.15) is 0 Å². The summed E-state index contributed by atoms with van der Waals surface area (Å²) in [6, 6.07) is 31.6. The average molecular weight is 385 g/mol. The van der Waals surface area contributed by atoms with Gasteiger partial charge in [0.05, 0.1) is 0 Å². The van der Waals surface area contributed by atoms with Gasteiger partial charge in [-0.15, -0.1) is 0 Å². The Hall–Kier alpha value is -3.74. The molecule has 0 heteroatoms. The molecule has 0 amide bonds. The van der Waals surface area contributed by atoms with E-state index in [0.717, 1.165) is 16.7 Å². The summed E-state index contributed by atoms with van der Waals surface area (Å²) < 4.78 is 0. The van der Waals surface area contributed by atoms with Crippen molar-refractivity contribution in [3.63, 3.8) is 0 Å². The number of hydrogen-bond acceptors (Lipinski definition) is 0. The van der Waals surface area contributed by atoms with E-state index < -0.39 is 0 Å². The van der Waals surface area contributed by atoms with E-state index in [2.05, 4.69) is 129 Å². The summed E-state index contributed by atoms with van der Waals surface area (Å²) in [5.74, 6) is 12.4. The maximum absolute atomic E-state index is 3.24. The van der Waals surface area contributed by atoms with Gasteiger partial charge in [0.2, 0.25) is 0 Å². The van der Waals surface area contributed by atoms with Crippen molar-refractivity contribution in [2.24, 2.45) is 0 Å². The van der Waals surface area contributed by atoms with Crippen molar-refractivity contribution in [3.05, 3.63) is 108 Å². The summed E-state index contributed by atoms with van der Waals surface area (Å²) in [4.78, 5) is 0. The largest absolute Gasteiger partial charge is 0.0616 e. The number of fused-ring (bicyclic) bond motifs is 1. The van der Waals surface area contributed by atoms with E-state index in [-0.39, 0.29) is 5.41 Å². The molecule has 4 rings (SSSR count). The van der Waals surface area contributed by atoms with Crippen LogP contribution < -0.4 is 0 Å². The minimum atomic E-state index is 0.151. The van der Waals surface area contributed by atoms with Crippen molar-refractivity contribution in [2.75, 3.05) is 0 Å². The van der Waals surface area contributed by atoms with E-state index in [4.69, 9.17) is 0 Å². The molecule has 144 valence electrons. The van der Waals surface area contributed by atoms with Gasteiger partial charge < -0.3 is 0 Å². The van der Waals surface area contributed by atoms with E-state index in [9.17, 15) is 0 Å². The predicted molar refractivity (Wildman–Crippen MR) is 128 cm³/mol. The average Bonchev–Trinajstić information content (AvgIpc) is 2.76. The van der Waals surface area contributed by atoms with E-state index >= 15 is 0 Å². The first-order valence-corrected chi connectivity index (χ1v) is 10.2. The fraction of sp³-hybridized carbons (Fsp3) is 0.133. The Bertz CT molecular complexity index is 1310. The third-order valence-electron chi connectivity index (χ3n) is 5.20. The summed E-state index contributed by atoms with van der Waals surface area (Å²) in [6.07, 6.45) is 0. The van der Waals surface area contributed by atoms with E-state index in [1.54, 1.807) is 0 Å². The highest BCUT2D eigenvalue weighted by molar-refractivity contribution is 5.88. The lowest BCUT2D eigenvalue weighted by Gasteiger charge is -2.18. The van der Waals surface area contributed by atoms with Gasteiger partial charge >= 0.3 is 0 Å². The molecule has 0 bridgehead atoms. The molecule has 0 spiro atoms. The fourth-order valence-electron chi connectivity index (χ4n) is 3.46. The Labute approximate surface area is 179 Å². The molecule has 0 N–H and O–H groups in total. The third-order valence-corrected chi connectivity index (χ3v) is 5.20. The minimum Gasteiger partial charge on any atom is -0.0616 e. The zero-order chi connectivity index (χ0) is 21.0. The Kier molecular flexibility index (Phi) is 5.43. The van der Waals surface area contributed by atoms with Gasteiger partial charge in [0.15, 0.2) is 0 Å². The van der Waals surface area contributed by atoms with Crippen molar-refractivity contribution in [1.82, 2.24) is 0 Å². The first-order chi connectivity index (χ1) is 14.5. The van der Waals surface area contributed by atoms with Crippen LogP contribution in [0.5, 0.6) is 0 Å². The van der Waals surface area contributed by atoms with E-state index in [1.165, 1.54) is 21.9 Å². The second-order valence-corrected chi connectivity index (χ2v) is 8.43. The zero-order valence-corrected chi connectivity index (χ0v) is 17.7. The third kappa shape index (κ3) is 4.46. The Morgan fingerprint density at radius 2 is 1.27 bits per heavy atom. The summed E-state index contributed by atoms with van der Waals surface area (Å²) in [7, 11) is 0. The lowest BCUT2D eigenvalue weighted by Crippen LogP contribution is -2.10. The van der Waals surface area contributed by atoms with Gasteiger partial charge in [-0.1, -0.05) is 99.3 Å². The Balaban J connectivity index is 1.60. The quantitative estimate of drug-likeness (QED) is 0.304. The number of hydrogen-bond donors (Lipinski definition) is 0. The molecule has 30 heavy (non-hydrogen) atoms. The summed E-state index contributed by atoms with van der Waals surface area (Å²) in [5.41, 5.74) is 5.74. The van der Waals surface area contributed by atoms with Crippen molar-refractivity contribution in [3.8, 4) is 34.8 Å². The molecule has 0 saturated heterocycles. The molecule has 0 aliphatic heterocycles. The lowest BCUT2D eigenvalue weighted by atomic mass is 9.87. The van der Waals surface area contributed by atoms with Crippen molar-refractivity contribution in [1.29, 1.82) is 0 Å². The first kappa shape index (κ1) is 19.6. The highest BCUT2D eigenvalue weighted by atomic mass is 14.2. The van der Waals surface area contributed by atoms with Gasteiger partial charge in [0, 0.05) is 11.1 Å². The normalized spacial score (nSPS) is 10.6. The smallest absolute Gasteiger partial charge is 0.0334 e. The maximum atomic E-state index is 3.24. The minimum absolute atomic E-state index is 0.151. The molecule has 0 aliphatic rings. The van der Waals surface area contributed by atoms with Crippen molar-refractivity contribution < 1.29 is 0 Å². The van der Waals surface area contributed by atoms with Crippen LogP contribution in [0, 0.1) is 23.7 Å². The number of benzene rings is 4. The Morgan fingerprint density at radius 1 is 0.600 bits per heavy atom. The highest BCUT2D eigenvalue weighted by Crippen LogP contribution is 2.27. The predicted octanol–water partition coefficient (Wildman–Crippen LogP) is 7.21. The van der Waals surface area contributed by atoms with Crippen molar-refractivity contribution in [2.45, 2.75) is 26.2 Å². The summed E-state index contributed by atoms with van der Waals surface area (Å²) in [5, 5.41) is 2.48. The lowest BCUT2D eigenvalue weighted by molar-refractivity contribution is 0.590. The van der Waals surface area contributed by atoms with Crippen LogP contribution in [0.1, 0.15) is 37.5 Å². The van der Waals surface area contributed by atoms with Gasteiger partial charge in [-0.05, 0) is 69.0 Å². The molecule has 0 nitrogen and oxygen atoms in total. The molecule has 0 radical (unpaired) electrons. The van der Waals surface area contributed by atoms with Crippen LogP contribution in [0.4, 0.5) is 0 Å². The van der Waals surface area contributed by atoms with Crippen LogP contribution in [0.3, 0.4) is 0 Å². The van der Waals surface area contributed by atoms with Crippen LogP contribution in [0.2, 0.25) is 0 Å². The first-order valence-electron chi connectivity index (χ1n) is 10.2. The molecule has 0 atom stereocenters. The Morgan fingerprint density at radius 3 is 2.03 bits per heavy atom. The van der Waals surface area contributed by atoms with Gasteiger partial charge in [0.25, 0.3) is 0 Å². The van der Waals surface area contributed by atoms with Crippen LogP contribution in [-0.2, 0) is 5.41 Å². The molecular formula is C30H24. The molecule has 0 fully saturated rings. The molecule has 4 aromatic rings. The molecule has 0 unspecified atom stereocenters. The summed E-state index contributed by atoms with van der Waals surface area (Å²) >= 11 is 0. The number of rotatable bonds is 1. The fourth-order valence-corrected chi connectivity index (χ4v) is 3.46. The molecule has 0 saturated carbocycles. The van der Waals surface area contributed by atoms with Crippen LogP contribution in [-0.4, -0.2) is 0 Å². The van der Waals surface area contributed by atoms with E-state index in [1.807, 2.05) is 6.07 Å². The maximum Gasteiger partial charge on any atom is 0.0334 e. The zero-order valence-electron chi connectivity index (χ0n) is 17.7. The summed E-state index contributed by atoms with van der Waals surface area (Å²) in [6.45, 7) is 6.64. The molecule has 4 aromatic carbocycles. The standard InChI is InChI=1S/C30H24/c1-30(2,3)28-20-16-23(17-21-28)10-4-5-12-25-13-8-9-15-29(25)27-19-18-24-11-6-7-14-26(24)22-27/h6-9,11,13-22H,1-3H3. The molecular weight excluding hydrogens is 360 g/mol. The van der Waals surface area contributed by atoms with E-state index in [0.29, 0.717) is 0 Å². The second kappa shape index (κ2) is 8.32. The highest BCUT2D eigenvalue weighted by Gasteiger charge is 2.12. The van der Waals surface area contributed by atoms with Crippen LogP contribution in [0.15, 0.2) is 91.0 Å². The van der Waals surface area contributed by atoms with Crippen LogP contribution in [0.25, 0.3) is 21.9 Å². The SMILES string of the molecule is CC(C)(C)c1ccc(C#CC#Cc2ccccc2-c2ccc3ccccc3c2)cc1. The molecule has 0 aromatic heterocycles.